The van der Waals surface area contributed by atoms with Gasteiger partial charge in [0.25, 0.3) is 0 Å². The van der Waals surface area contributed by atoms with Crippen molar-refractivity contribution in [3.05, 3.63) is 65.2 Å². The second-order valence-corrected chi connectivity index (χ2v) is 8.09. The number of ether oxygens (including phenoxy) is 1. The van der Waals surface area contributed by atoms with Crippen LogP contribution in [0.25, 0.3) is 0 Å². The van der Waals surface area contributed by atoms with Gasteiger partial charge < -0.3 is 19.9 Å². The highest BCUT2D eigenvalue weighted by molar-refractivity contribution is 5.85. The number of hydrogen-bond donors (Lipinski definition) is 1. The molecule has 0 aromatic heterocycles. The topological polar surface area (TPSA) is 44.8 Å². The largest absolute Gasteiger partial charge is 0.486 e. The number of nitrogens with one attached hydrogen (secondary N) is 1. The molecule has 2 aromatic carbocycles. The lowest BCUT2D eigenvalue weighted by Crippen LogP contribution is -2.49. The quantitative estimate of drug-likeness (QED) is 0.702. The van der Waals surface area contributed by atoms with Gasteiger partial charge >= 0.3 is 0 Å². The number of piperazine rings is 1. The molecule has 2 aliphatic rings. The third-order valence-corrected chi connectivity index (χ3v) is 5.82. The van der Waals surface area contributed by atoms with Gasteiger partial charge in [-0.1, -0.05) is 30.3 Å². The van der Waals surface area contributed by atoms with E-state index in [4.69, 9.17) is 4.74 Å². The summed E-state index contributed by atoms with van der Waals surface area (Å²) in [6.45, 7) is 3.67. The molecule has 2 atom stereocenters. The number of likely N-dealkylation sites (N-methyl/N-ethyl adjacent to an activating group) is 1. The molecule has 1 amide bonds. The van der Waals surface area contributed by atoms with Crippen molar-refractivity contribution in [2.75, 3.05) is 39.8 Å². The van der Waals surface area contributed by atoms with Gasteiger partial charge in [0, 0.05) is 49.8 Å². The Morgan fingerprint density at radius 3 is 2.55 bits per heavy atom. The molecule has 0 bridgehead atoms. The minimum atomic E-state index is -0.694. The lowest BCUT2D eigenvalue weighted by atomic mass is 10.1. The second-order valence-electron chi connectivity index (χ2n) is 8.09. The van der Waals surface area contributed by atoms with Crippen LogP contribution in [-0.2, 0) is 11.4 Å². The van der Waals surface area contributed by atoms with Crippen molar-refractivity contribution in [3.8, 4) is 5.75 Å². The van der Waals surface area contributed by atoms with Crippen molar-refractivity contribution in [2.45, 2.75) is 25.0 Å². The third-order valence-electron chi connectivity index (χ3n) is 5.82. The Kier molecular flexibility index (Phi) is 7.86. The Morgan fingerprint density at radius 1 is 1.13 bits per heavy atom. The molecule has 0 radical (unpaired) electrons. The molecule has 5 nitrogen and oxygen atoms in total. The molecule has 4 rings (SSSR count). The summed E-state index contributed by atoms with van der Waals surface area (Å²) in [5, 5.41) is 3.25. The first-order chi connectivity index (χ1) is 14.5. The lowest BCUT2D eigenvalue weighted by molar-refractivity contribution is -0.131. The van der Waals surface area contributed by atoms with E-state index in [2.05, 4.69) is 10.2 Å². The van der Waals surface area contributed by atoms with E-state index in [0.717, 1.165) is 44.2 Å². The van der Waals surface area contributed by atoms with Crippen LogP contribution in [0.2, 0.25) is 0 Å². The van der Waals surface area contributed by atoms with Gasteiger partial charge in [-0.15, -0.1) is 12.4 Å². The number of rotatable bonds is 7. The molecule has 168 valence electrons. The first-order valence-electron chi connectivity index (χ1n) is 10.4. The number of benzene rings is 2. The maximum absolute atomic E-state index is 14.5. The van der Waals surface area contributed by atoms with Crippen molar-refractivity contribution in [3.63, 3.8) is 0 Å². The molecule has 8 heteroatoms. The van der Waals surface area contributed by atoms with E-state index in [1.807, 2.05) is 42.3 Å². The summed E-state index contributed by atoms with van der Waals surface area (Å²) in [6, 6.07) is 11.7. The number of carbonyl (C=O) groups excluding carboxylic acids is 1. The third kappa shape index (κ3) is 5.93. The van der Waals surface area contributed by atoms with Crippen molar-refractivity contribution in [1.82, 2.24) is 15.1 Å². The molecule has 1 aliphatic carbocycles. The van der Waals surface area contributed by atoms with E-state index < -0.39 is 11.6 Å². The Labute approximate surface area is 187 Å². The zero-order valence-electron chi connectivity index (χ0n) is 17.5. The van der Waals surface area contributed by atoms with Crippen LogP contribution in [0.15, 0.2) is 42.5 Å². The molecule has 1 N–H and O–H groups in total. The van der Waals surface area contributed by atoms with Gasteiger partial charge in [0.2, 0.25) is 5.91 Å². The zero-order valence-corrected chi connectivity index (χ0v) is 18.3. The molecule has 0 spiro atoms. The Hall–Kier alpha value is -2.22. The maximum atomic E-state index is 14.5. The van der Waals surface area contributed by atoms with Crippen molar-refractivity contribution in [2.24, 2.45) is 0 Å². The first kappa shape index (κ1) is 23.4. The number of amides is 1. The van der Waals surface area contributed by atoms with E-state index in [1.54, 1.807) is 0 Å². The monoisotopic (exact) mass is 451 g/mol. The number of carbonyl (C=O) groups is 1. The molecule has 1 saturated heterocycles. The predicted molar refractivity (Wildman–Crippen MR) is 118 cm³/mol. The first-order valence-corrected chi connectivity index (χ1v) is 10.4. The minimum Gasteiger partial charge on any atom is -0.486 e. The summed E-state index contributed by atoms with van der Waals surface area (Å²) in [7, 11) is 2.05. The Morgan fingerprint density at radius 2 is 1.84 bits per heavy atom. The Balaban J connectivity index is 0.00000272. The molecule has 31 heavy (non-hydrogen) atoms. The van der Waals surface area contributed by atoms with Gasteiger partial charge in [-0.05, 0) is 25.1 Å². The molecule has 2 fully saturated rings. The molecule has 0 unspecified atom stereocenters. The van der Waals surface area contributed by atoms with Crippen LogP contribution in [0.4, 0.5) is 8.78 Å². The predicted octanol–water partition coefficient (Wildman–Crippen LogP) is 3.19. The van der Waals surface area contributed by atoms with Gasteiger partial charge in [0.1, 0.15) is 12.4 Å². The molecular weight excluding hydrogens is 424 g/mol. The summed E-state index contributed by atoms with van der Waals surface area (Å²) < 4.78 is 34.1. The normalized spacial score (nSPS) is 20.8. The average molecular weight is 452 g/mol. The van der Waals surface area contributed by atoms with Crippen LogP contribution >= 0.6 is 12.4 Å². The molecular formula is C23H28ClF2N3O2. The fraction of sp³-hybridized carbons (Fsp3) is 0.435. The summed E-state index contributed by atoms with van der Waals surface area (Å²) in [4.78, 5) is 16.5. The highest BCUT2D eigenvalue weighted by atomic mass is 35.5. The maximum Gasteiger partial charge on any atom is 0.236 e. The van der Waals surface area contributed by atoms with Gasteiger partial charge in [-0.2, -0.15) is 0 Å². The Bertz CT molecular complexity index is 892. The van der Waals surface area contributed by atoms with E-state index in [9.17, 15) is 13.6 Å². The highest BCUT2D eigenvalue weighted by Gasteiger charge is 2.41. The summed E-state index contributed by atoms with van der Waals surface area (Å²) in [5.41, 5.74) is 1.43. The van der Waals surface area contributed by atoms with Gasteiger partial charge in [-0.3, -0.25) is 4.79 Å². The molecule has 1 saturated carbocycles. The average Bonchev–Trinajstić information content (AvgIpc) is 3.52. The van der Waals surface area contributed by atoms with E-state index in [1.165, 1.54) is 6.07 Å². The van der Waals surface area contributed by atoms with Crippen LogP contribution in [0.1, 0.15) is 23.5 Å². The van der Waals surface area contributed by atoms with E-state index in [0.29, 0.717) is 5.56 Å². The van der Waals surface area contributed by atoms with Crippen molar-refractivity contribution < 1.29 is 18.3 Å². The summed E-state index contributed by atoms with van der Waals surface area (Å²) in [6.07, 6.45) is 0.723. The fourth-order valence-corrected chi connectivity index (χ4v) is 3.89. The second kappa shape index (κ2) is 10.4. The SMILES string of the molecule is CN1CCN(C(=O)CN[C@@H]2C[C@H]2c2cc(F)cc(F)c2OCc2ccccc2)CC1.Cl. The fourth-order valence-electron chi connectivity index (χ4n) is 3.89. The van der Waals surface area contributed by atoms with Gasteiger partial charge in [-0.25, -0.2) is 8.78 Å². The summed E-state index contributed by atoms with van der Waals surface area (Å²) in [5.74, 6) is -1.21. The van der Waals surface area contributed by atoms with Crippen LogP contribution in [0, 0.1) is 11.6 Å². The standard InChI is InChI=1S/C23H27F2N3O2.ClH/c1-27-7-9-28(10-8-27)22(29)14-26-21-13-18(21)19-11-17(24)12-20(25)23(19)30-15-16-5-3-2-4-6-16;/h2-6,11-12,18,21,26H,7-10,13-15H2,1H3;1H/t18-,21+;/m0./s1. The van der Waals surface area contributed by atoms with Crippen LogP contribution in [-0.4, -0.2) is 61.5 Å². The minimum absolute atomic E-state index is 0. The zero-order chi connectivity index (χ0) is 21.1. The van der Waals surface area contributed by atoms with Crippen LogP contribution in [0.3, 0.4) is 0 Å². The molecule has 1 aliphatic heterocycles. The van der Waals surface area contributed by atoms with Gasteiger partial charge in [0.15, 0.2) is 11.6 Å². The highest BCUT2D eigenvalue weighted by Crippen LogP contribution is 2.46. The van der Waals surface area contributed by atoms with Gasteiger partial charge in [0.05, 0.1) is 6.54 Å². The van der Waals surface area contributed by atoms with Crippen LogP contribution in [0.5, 0.6) is 5.75 Å². The molecule has 1 heterocycles. The van der Waals surface area contributed by atoms with Crippen LogP contribution < -0.4 is 10.1 Å². The number of halogens is 3. The van der Waals surface area contributed by atoms with Crippen molar-refractivity contribution in [1.29, 1.82) is 0 Å². The number of nitrogens with zero attached hydrogens (tertiary/aromatic N) is 2. The molecule has 2 aromatic rings. The number of hydrogen-bond acceptors (Lipinski definition) is 4. The van der Waals surface area contributed by atoms with E-state index in [-0.39, 0.29) is 49.2 Å². The van der Waals surface area contributed by atoms with E-state index >= 15 is 0 Å². The van der Waals surface area contributed by atoms with Crippen molar-refractivity contribution >= 4 is 18.3 Å². The lowest BCUT2D eigenvalue weighted by Gasteiger charge is -2.32. The summed E-state index contributed by atoms with van der Waals surface area (Å²) >= 11 is 0. The smallest absolute Gasteiger partial charge is 0.236 e.